The number of carbonyl (C=O) groups is 1. The first-order valence-corrected chi connectivity index (χ1v) is 5.62. The number of hydrogen-bond donors (Lipinski definition) is 0. The van der Waals surface area contributed by atoms with Gasteiger partial charge in [0.25, 0.3) is 5.91 Å². The minimum atomic E-state index is -0.0773. The molecule has 1 aliphatic rings. The van der Waals surface area contributed by atoms with Crippen LogP contribution in [0.2, 0.25) is 0 Å². The topological polar surface area (TPSA) is 42.7 Å². The molecule has 0 N–H and O–H groups in total. The number of rotatable bonds is 1. The second-order valence-corrected chi connectivity index (χ2v) is 4.16. The summed E-state index contributed by atoms with van der Waals surface area (Å²) in [5, 5.41) is 1.45. The molecule has 1 amide bonds. The Labute approximate surface area is 95.1 Å². The van der Waals surface area contributed by atoms with Crippen molar-refractivity contribution in [2.45, 2.75) is 33.6 Å². The van der Waals surface area contributed by atoms with Gasteiger partial charge in [0.05, 0.1) is 12.2 Å². The zero-order valence-corrected chi connectivity index (χ0v) is 10.0. The summed E-state index contributed by atoms with van der Waals surface area (Å²) in [5.74, 6) is 1.40. The highest BCUT2D eigenvalue weighted by molar-refractivity contribution is 5.96. The zero-order chi connectivity index (χ0) is 11.7. The molecule has 1 aliphatic heterocycles. The molecule has 1 saturated heterocycles. The molecule has 0 bridgehead atoms. The van der Waals surface area contributed by atoms with Crippen LogP contribution in [0.25, 0.3) is 0 Å². The Morgan fingerprint density at radius 1 is 1.19 bits per heavy atom. The Morgan fingerprint density at radius 3 is 2.44 bits per heavy atom. The third kappa shape index (κ3) is 1.85. The van der Waals surface area contributed by atoms with E-state index >= 15 is 0 Å². The summed E-state index contributed by atoms with van der Waals surface area (Å²) in [6.45, 7) is 6.89. The molecule has 0 spiro atoms. The second-order valence-electron chi connectivity index (χ2n) is 4.16. The molecule has 2 heterocycles. The van der Waals surface area contributed by atoms with Crippen LogP contribution in [0.4, 0.5) is 0 Å². The van der Waals surface area contributed by atoms with Crippen molar-refractivity contribution in [3.8, 4) is 0 Å². The maximum Gasteiger partial charge on any atom is 0.281 e. The Bertz CT molecular complexity index is 403. The average molecular weight is 223 g/mol. The smallest absolute Gasteiger partial charge is 0.281 e. The molecule has 1 fully saturated rings. The average Bonchev–Trinajstić information content (AvgIpc) is 2.54. The number of aryl methyl sites for hydroxylation is 2. The number of furan rings is 1. The summed E-state index contributed by atoms with van der Waals surface area (Å²) in [5.41, 5.74) is 1.57. The van der Waals surface area contributed by atoms with Gasteiger partial charge in [0.1, 0.15) is 11.5 Å². The SMILES string of the molecule is Cc1oc(C)c(C(=O)N2CCCCO2)c1C. The van der Waals surface area contributed by atoms with Gasteiger partial charge in [0.15, 0.2) is 0 Å². The van der Waals surface area contributed by atoms with E-state index in [0.717, 1.165) is 24.2 Å². The van der Waals surface area contributed by atoms with Crippen LogP contribution in [0.15, 0.2) is 4.42 Å². The fourth-order valence-corrected chi connectivity index (χ4v) is 1.99. The van der Waals surface area contributed by atoms with Crippen molar-refractivity contribution in [2.75, 3.05) is 13.2 Å². The van der Waals surface area contributed by atoms with E-state index in [9.17, 15) is 4.79 Å². The van der Waals surface area contributed by atoms with Gasteiger partial charge in [0.2, 0.25) is 0 Å². The van der Waals surface area contributed by atoms with Crippen molar-refractivity contribution in [3.63, 3.8) is 0 Å². The fraction of sp³-hybridized carbons (Fsp3) is 0.583. The molecule has 88 valence electrons. The van der Waals surface area contributed by atoms with E-state index in [2.05, 4.69) is 0 Å². The number of nitrogens with zero attached hydrogens (tertiary/aromatic N) is 1. The Hall–Kier alpha value is -1.29. The molecule has 1 aromatic heterocycles. The first kappa shape index (κ1) is 11.2. The van der Waals surface area contributed by atoms with Gasteiger partial charge in [0, 0.05) is 12.1 Å². The molecule has 16 heavy (non-hydrogen) atoms. The predicted molar refractivity (Wildman–Crippen MR) is 59.1 cm³/mol. The van der Waals surface area contributed by atoms with E-state index in [0.29, 0.717) is 24.5 Å². The van der Waals surface area contributed by atoms with E-state index in [1.165, 1.54) is 5.06 Å². The number of hydroxylamine groups is 2. The summed E-state index contributed by atoms with van der Waals surface area (Å²) < 4.78 is 5.45. The minimum Gasteiger partial charge on any atom is -0.466 e. The molecule has 4 nitrogen and oxygen atoms in total. The lowest BCUT2D eigenvalue weighted by atomic mass is 10.1. The van der Waals surface area contributed by atoms with E-state index in [-0.39, 0.29) is 5.91 Å². The van der Waals surface area contributed by atoms with E-state index < -0.39 is 0 Å². The van der Waals surface area contributed by atoms with Crippen molar-refractivity contribution in [1.29, 1.82) is 0 Å². The summed E-state index contributed by atoms with van der Waals surface area (Å²) in [4.78, 5) is 17.6. The van der Waals surface area contributed by atoms with Crippen LogP contribution < -0.4 is 0 Å². The standard InChI is InChI=1S/C12H17NO3/c1-8-9(2)16-10(3)11(8)12(14)13-6-4-5-7-15-13/h4-7H2,1-3H3. The zero-order valence-electron chi connectivity index (χ0n) is 10.0. The van der Waals surface area contributed by atoms with Gasteiger partial charge in [-0.25, -0.2) is 5.06 Å². The Balaban J connectivity index is 2.25. The lowest BCUT2D eigenvalue weighted by Gasteiger charge is -2.25. The second kappa shape index (κ2) is 4.29. The van der Waals surface area contributed by atoms with Crippen LogP contribution >= 0.6 is 0 Å². The van der Waals surface area contributed by atoms with Gasteiger partial charge in [-0.3, -0.25) is 9.63 Å². The van der Waals surface area contributed by atoms with E-state index in [1.54, 1.807) is 0 Å². The van der Waals surface area contributed by atoms with Crippen molar-refractivity contribution in [3.05, 3.63) is 22.6 Å². The molecule has 4 heteroatoms. The molecule has 1 aromatic rings. The number of hydrogen-bond acceptors (Lipinski definition) is 3. The van der Waals surface area contributed by atoms with Crippen LogP contribution in [0.3, 0.4) is 0 Å². The van der Waals surface area contributed by atoms with E-state index in [4.69, 9.17) is 9.25 Å². The normalized spacial score (nSPS) is 16.6. The van der Waals surface area contributed by atoms with Crippen LogP contribution in [0.5, 0.6) is 0 Å². The molecular formula is C12H17NO3. The highest BCUT2D eigenvalue weighted by Crippen LogP contribution is 2.23. The third-order valence-electron chi connectivity index (χ3n) is 3.00. The largest absolute Gasteiger partial charge is 0.466 e. The van der Waals surface area contributed by atoms with Crippen molar-refractivity contribution >= 4 is 5.91 Å². The summed E-state index contributed by atoms with van der Waals surface area (Å²) in [6, 6.07) is 0. The van der Waals surface area contributed by atoms with Gasteiger partial charge in [-0.15, -0.1) is 0 Å². The summed E-state index contributed by atoms with van der Waals surface area (Å²) in [6.07, 6.45) is 2.02. The molecular weight excluding hydrogens is 206 g/mol. The molecule has 2 rings (SSSR count). The Kier molecular flexibility index (Phi) is 3.01. The lowest BCUT2D eigenvalue weighted by molar-refractivity contribution is -0.144. The predicted octanol–water partition coefficient (Wildman–Crippen LogP) is 2.37. The third-order valence-corrected chi connectivity index (χ3v) is 3.00. The van der Waals surface area contributed by atoms with Crippen molar-refractivity contribution in [1.82, 2.24) is 5.06 Å². The van der Waals surface area contributed by atoms with Crippen molar-refractivity contribution in [2.24, 2.45) is 0 Å². The van der Waals surface area contributed by atoms with Crippen LogP contribution in [-0.4, -0.2) is 24.1 Å². The molecule has 0 radical (unpaired) electrons. The summed E-state index contributed by atoms with van der Waals surface area (Å²) in [7, 11) is 0. The number of carbonyl (C=O) groups excluding carboxylic acids is 1. The minimum absolute atomic E-state index is 0.0773. The van der Waals surface area contributed by atoms with Gasteiger partial charge in [-0.2, -0.15) is 0 Å². The molecule has 0 aliphatic carbocycles. The summed E-state index contributed by atoms with van der Waals surface area (Å²) >= 11 is 0. The number of amides is 1. The van der Waals surface area contributed by atoms with E-state index in [1.807, 2.05) is 20.8 Å². The maximum absolute atomic E-state index is 12.2. The highest BCUT2D eigenvalue weighted by Gasteiger charge is 2.25. The molecule has 0 saturated carbocycles. The van der Waals surface area contributed by atoms with Gasteiger partial charge in [-0.1, -0.05) is 0 Å². The quantitative estimate of drug-likeness (QED) is 0.734. The fourth-order valence-electron chi connectivity index (χ4n) is 1.99. The van der Waals surface area contributed by atoms with Gasteiger partial charge >= 0.3 is 0 Å². The lowest BCUT2D eigenvalue weighted by Crippen LogP contribution is -2.36. The Morgan fingerprint density at radius 2 is 1.94 bits per heavy atom. The van der Waals surface area contributed by atoms with Gasteiger partial charge in [-0.05, 0) is 33.6 Å². The molecule has 0 unspecified atom stereocenters. The van der Waals surface area contributed by atoms with Crippen LogP contribution in [-0.2, 0) is 4.84 Å². The maximum atomic E-state index is 12.2. The highest BCUT2D eigenvalue weighted by atomic mass is 16.7. The van der Waals surface area contributed by atoms with Crippen molar-refractivity contribution < 1.29 is 14.0 Å². The first-order valence-electron chi connectivity index (χ1n) is 5.62. The van der Waals surface area contributed by atoms with Gasteiger partial charge < -0.3 is 4.42 Å². The molecule has 0 aromatic carbocycles. The van der Waals surface area contributed by atoms with Crippen LogP contribution in [0.1, 0.15) is 40.3 Å². The molecule has 0 atom stereocenters. The van der Waals surface area contributed by atoms with Crippen LogP contribution in [0, 0.1) is 20.8 Å². The first-order chi connectivity index (χ1) is 7.61. The monoisotopic (exact) mass is 223 g/mol.